The van der Waals surface area contributed by atoms with Gasteiger partial charge in [-0.1, -0.05) is 0 Å². The lowest BCUT2D eigenvalue weighted by atomic mass is 10.0. The van der Waals surface area contributed by atoms with Crippen molar-refractivity contribution in [2.75, 3.05) is 0 Å². The molecule has 21 heavy (non-hydrogen) atoms. The first-order chi connectivity index (χ1) is 9.50. The Kier molecular flexibility index (Phi) is 3.41. The molecule has 0 unspecified atom stereocenters. The monoisotopic (exact) mass is 330 g/mol. The molecule has 0 radical (unpaired) electrons. The summed E-state index contributed by atoms with van der Waals surface area (Å²) in [6, 6.07) is 0. The van der Waals surface area contributed by atoms with Gasteiger partial charge in [-0.25, -0.2) is 26.3 Å². The fraction of sp³-hybridized carbons (Fsp3) is 0.0909. The van der Waals surface area contributed by atoms with Gasteiger partial charge in [0.2, 0.25) is 0 Å². The molecule has 3 nitrogen and oxygen atoms in total. The number of aryl methyl sites for hydroxylation is 1. The maximum Gasteiger partial charge on any atom is 0.298 e. The number of fused-ring (bicyclic) bond motifs is 1. The predicted molar refractivity (Wildman–Crippen MR) is 58.2 cm³/mol. The third-order valence-corrected chi connectivity index (χ3v) is 3.75. The first kappa shape index (κ1) is 15.6. The van der Waals surface area contributed by atoms with Crippen LogP contribution in [0.3, 0.4) is 0 Å². The highest BCUT2D eigenvalue weighted by molar-refractivity contribution is 7.86. The third kappa shape index (κ3) is 2.05. The van der Waals surface area contributed by atoms with E-state index in [1.54, 1.807) is 0 Å². The number of hydrogen-bond acceptors (Lipinski definition) is 2. The molecule has 0 fully saturated rings. The van der Waals surface area contributed by atoms with Crippen molar-refractivity contribution < 1.29 is 39.3 Å². The van der Waals surface area contributed by atoms with Crippen LogP contribution in [0.2, 0.25) is 0 Å². The molecule has 0 atom stereocenters. The first-order valence-corrected chi connectivity index (χ1v) is 6.54. The van der Waals surface area contributed by atoms with Gasteiger partial charge in [0.15, 0.2) is 34.9 Å². The summed E-state index contributed by atoms with van der Waals surface area (Å²) in [6.45, 7) is 0.703. The van der Waals surface area contributed by atoms with Crippen LogP contribution in [-0.2, 0) is 10.1 Å². The Hall–Kier alpha value is -1.81. The second kappa shape index (κ2) is 4.60. The van der Waals surface area contributed by atoms with E-state index in [4.69, 9.17) is 4.55 Å². The normalized spacial score (nSPS) is 12.2. The quantitative estimate of drug-likeness (QED) is 0.378. The van der Waals surface area contributed by atoms with Gasteiger partial charge in [-0.2, -0.15) is 8.42 Å². The van der Waals surface area contributed by atoms with E-state index in [-0.39, 0.29) is 0 Å². The molecule has 0 aliphatic rings. The Morgan fingerprint density at radius 3 is 1.57 bits per heavy atom. The fourth-order valence-electron chi connectivity index (χ4n) is 1.92. The van der Waals surface area contributed by atoms with Gasteiger partial charge in [-0.05, 0) is 12.5 Å². The Morgan fingerprint density at radius 2 is 1.14 bits per heavy atom. The van der Waals surface area contributed by atoms with Crippen molar-refractivity contribution in [2.24, 2.45) is 0 Å². The van der Waals surface area contributed by atoms with Crippen molar-refractivity contribution in [3.05, 3.63) is 40.5 Å². The Labute approximate surface area is 113 Å². The molecule has 0 spiro atoms. The zero-order chi connectivity index (χ0) is 16.3. The second-order valence-corrected chi connectivity index (χ2v) is 5.42. The lowest BCUT2D eigenvalue weighted by Crippen LogP contribution is -2.11. The summed E-state index contributed by atoms with van der Waals surface area (Å²) in [5.41, 5.74) is -0.981. The van der Waals surface area contributed by atoms with E-state index in [1.165, 1.54) is 0 Å². The molecule has 0 saturated carbocycles. The summed E-state index contributed by atoms with van der Waals surface area (Å²) in [4.78, 5) is -2.00. The summed E-state index contributed by atoms with van der Waals surface area (Å²) in [5.74, 6) is -13.3. The number of halogens is 6. The molecule has 0 bridgehead atoms. The lowest BCUT2D eigenvalue weighted by molar-refractivity contribution is 0.413. The van der Waals surface area contributed by atoms with Crippen LogP contribution < -0.4 is 0 Å². The van der Waals surface area contributed by atoms with Crippen LogP contribution in [0.15, 0.2) is 4.90 Å². The number of hydrogen-bond donors (Lipinski definition) is 1. The SMILES string of the molecule is Cc1c(F)c(F)c(S(=O)(=O)O)c2c(F)c(F)c(F)c(F)c12. The Morgan fingerprint density at radius 1 is 0.714 bits per heavy atom. The van der Waals surface area contributed by atoms with Crippen LogP contribution >= 0.6 is 0 Å². The van der Waals surface area contributed by atoms with Gasteiger partial charge in [0.05, 0.1) is 0 Å². The topological polar surface area (TPSA) is 54.4 Å². The highest BCUT2D eigenvalue weighted by Gasteiger charge is 2.33. The van der Waals surface area contributed by atoms with Crippen LogP contribution in [0, 0.1) is 41.8 Å². The van der Waals surface area contributed by atoms with Gasteiger partial charge in [0.25, 0.3) is 10.1 Å². The second-order valence-electron chi connectivity index (χ2n) is 4.06. The zero-order valence-electron chi connectivity index (χ0n) is 9.94. The van der Waals surface area contributed by atoms with Crippen molar-refractivity contribution in [3.63, 3.8) is 0 Å². The van der Waals surface area contributed by atoms with Crippen molar-refractivity contribution >= 4 is 20.9 Å². The molecule has 0 amide bonds. The molecule has 2 aromatic carbocycles. The van der Waals surface area contributed by atoms with Gasteiger partial charge in [0.1, 0.15) is 4.90 Å². The zero-order valence-corrected chi connectivity index (χ0v) is 10.8. The van der Waals surface area contributed by atoms with Crippen LogP contribution in [0.25, 0.3) is 10.8 Å². The van der Waals surface area contributed by atoms with Crippen molar-refractivity contribution in [3.8, 4) is 0 Å². The van der Waals surface area contributed by atoms with Gasteiger partial charge in [0, 0.05) is 10.8 Å². The molecule has 0 heterocycles. The maximum absolute atomic E-state index is 13.7. The molecule has 0 aliphatic heterocycles. The average molecular weight is 330 g/mol. The minimum absolute atomic E-state index is 0.703. The van der Waals surface area contributed by atoms with E-state index in [0.717, 1.165) is 0 Å². The Balaban J connectivity index is 3.35. The van der Waals surface area contributed by atoms with Gasteiger partial charge >= 0.3 is 0 Å². The molecule has 114 valence electrons. The minimum Gasteiger partial charge on any atom is -0.282 e. The summed E-state index contributed by atoms with van der Waals surface area (Å²) in [6.07, 6.45) is 0. The Bertz CT molecular complexity index is 883. The summed E-state index contributed by atoms with van der Waals surface area (Å²) in [5, 5.41) is -2.93. The largest absolute Gasteiger partial charge is 0.298 e. The van der Waals surface area contributed by atoms with E-state index < -0.39 is 66.3 Å². The summed E-state index contributed by atoms with van der Waals surface area (Å²) < 4.78 is 112. The molecular weight excluding hydrogens is 326 g/mol. The van der Waals surface area contributed by atoms with E-state index in [1.807, 2.05) is 0 Å². The summed E-state index contributed by atoms with van der Waals surface area (Å²) in [7, 11) is -5.58. The smallest absolute Gasteiger partial charge is 0.282 e. The first-order valence-electron chi connectivity index (χ1n) is 5.10. The third-order valence-electron chi connectivity index (χ3n) is 2.85. The van der Waals surface area contributed by atoms with E-state index in [9.17, 15) is 34.8 Å². The van der Waals surface area contributed by atoms with Gasteiger partial charge < -0.3 is 0 Å². The highest BCUT2D eigenvalue weighted by Crippen LogP contribution is 2.36. The van der Waals surface area contributed by atoms with Crippen LogP contribution in [0.5, 0.6) is 0 Å². The lowest BCUT2D eigenvalue weighted by Gasteiger charge is -2.12. The highest BCUT2D eigenvalue weighted by atomic mass is 32.2. The number of rotatable bonds is 1. The van der Waals surface area contributed by atoms with E-state index in [2.05, 4.69) is 0 Å². The average Bonchev–Trinajstić information content (AvgIpc) is 2.38. The van der Waals surface area contributed by atoms with Crippen LogP contribution in [0.1, 0.15) is 5.56 Å². The van der Waals surface area contributed by atoms with Crippen molar-refractivity contribution in [1.29, 1.82) is 0 Å². The fourth-order valence-corrected chi connectivity index (χ4v) is 2.69. The number of benzene rings is 2. The van der Waals surface area contributed by atoms with Crippen LogP contribution in [0.4, 0.5) is 26.3 Å². The van der Waals surface area contributed by atoms with Crippen molar-refractivity contribution in [2.45, 2.75) is 11.8 Å². The minimum atomic E-state index is -5.58. The van der Waals surface area contributed by atoms with Gasteiger partial charge in [-0.3, -0.25) is 4.55 Å². The molecule has 0 saturated heterocycles. The molecule has 1 N–H and O–H groups in total. The van der Waals surface area contributed by atoms with E-state index >= 15 is 0 Å². The van der Waals surface area contributed by atoms with Crippen LogP contribution in [-0.4, -0.2) is 13.0 Å². The molecule has 0 aromatic heterocycles. The van der Waals surface area contributed by atoms with Crippen molar-refractivity contribution in [1.82, 2.24) is 0 Å². The molecule has 10 heteroatoms. The van der Waals surface area contributed by atoms with E-state index in [0.29, 0.717) is 6.92 Å². The summed E-state index contributed by atoms with van der Waals surface area (Å²) >= 11 is 0. The standard InChI is InChI=1S/C11H4F6O3S/c1-2-3-4(7(14)9(16)8(15)6(3)13)11(21(18,19)20)10(17)5(2)12/h1H3,(H,18,19,20). The maximum atomic E-state index is 13.7. The molecular formula is C11H4F6O3S. The molecule has 2 rings (SSSR count). The van der Waals surface area contributed by atoms with Gasteiger partial charge in [-0.15, -0.1) is 0 Å². The predicted octanol–water partition coefficient (Wildman–Crippen LogP) is 3.23. The molecule has 0 aliphatic carbocycles. The molecule has 2 aromatic rings.